The number of amides is 1. The van der Waals surface area contributed by atoms with Gasteiger partial charge in [0.15, 0.2) is 6.61 Å². The fourth-order valence-corrected chi connectivity index (χ4v) is 2.59. The van der Waals surface area contributed by atoms with Crippen molar-refractivity contribution >= 4 is 5.91 Å². The van der Waals surface area contributed by atoms with Crippen molar-refractivity contribution in [3.63, 3.8) is 0 Å². The highest BCUT2D eigenvalue weighted by Crippen LogP contribution is 2.15. The molecular weight excluding hydrogens is 280 g/mol. The molecule has 0 spiro atoms. The fourth-order valence-electron chi connectivity index (χ4n) is 2.59. The number of rotatable bonds is 7. The molecule has 22 heavy (non-hydrogen) atoms. The maximum absolute atomic E-state index is 11.7. The van der Waals surface area contributed by atoms with Crippen LogP contribution >= 0.6 is 0 Å². The number of hydrogen-bond acceptors (Lipinski definition) is 4. The second kappa shape index (κ2) is 8.76. The molecule has 122 valence electrons. The fraction of sp³-hybridized carbons (Fsp3) is 0.588. The lowest BCUT2D eigenvalue weighted by Crippen LogP contribution is -2.38. The zero-order valence-electron chi connectivity index (χ0n) is 13.3. The van der Waals surface area contributed by atoms with E-state index in [1.807, 2.05) is 31.2 Å². The van der Waals surface area contributed by atoms with E-state index in [0.29, 0.717) is 6.54 Å². The van der Waals surface area contributed by atoms with Crippen molar-refractivity contribution in [2.45, 2.75) is 32.3 Å². The molecule has 1 aromatic carbocycles. The highest BCUT2D eigenvalue weighted by Gasteiger charge is 2.16. The summed E-state index contributed by atoms with van der Waals surface area (Å²) >= 11 is 0. The van der Waals surface area contributed by atoms with Gasteiger partial charge in [-0.1, -0.05) is 18.2 Å². The number of para-hydroxylation sites is 1. The normalized spacial score (nSPS) is 16.5. The topological polar surface area (TPSA) is 61.8 Å². The maximum Gasteiger partial charge on any atom is 0.257 e. The Morgan fingerprint density at radius 1 is 1.36 bits per heavy atom. The van der Waals surface area contributed by atoms with Gasteiger partial charge in [-0.05, 0) is 44.4 Å². The number of piperidine rings is 1. The van der Waals surface area contributed by atoms with Crippen LogP contribution in [0.25, 0.3) is 0 Å². The minimum atomic E-state index is -0.130. The van der Waals surface area contributed by atoms with Crippen LogP contribution in [0.4, 0.5) is 0 Å². The molecule has 1 heterocycles. The first kappa shape index (κ1) is 16.8. The zero-order chi connectivity index (χ0) is 15.8. The second-order valence-electron chi connectivity index (χ2n) is 5.83. The number of ether oxygens (including phenoxy) is 1. The smallest absolute Gasteiger partial charge is 0.257 e. The van der Waals surface area contributed by atoms with Crippen LogP contribution in [0.5, 0.6) is 5.75 Å². The summed E-state index contributed by atoms with van der Waals surface area (Å²) in [5.74, 6) is 0.668. The number of carbonyl (C=O) groups is 1. The number of likely N-dealkylation sites (tertiary alicyclic amines) is 1. The molecule has 0 atom stereocenters. The van der Waals surface area contributed by atoms with Gasteiger partial charge in [0.2, 0.25) is 0 Å². The number of aliphatic hydroxyl groups is 1. The minimum Gasteiger partial charge on any atom is -0.484 e. The molecule has 1 aliphatic rings. The first-order valence-electron chi connectivity index (χ1n) is 8.00. The molecule has 0 aromatic heterocycles. The molecule has 2 N–H and O–H groups in total. The molecule has 5 nitrogen and oxygen atoms in total. The average molecular weight is 306 g/mol. The SMILES string of the molecule is Cc1ccccc1OCC(=O)NCCCN1CCC(O)CC1. The van der Waals surface area contributed by atoms with Crippen LogP contribution in [0, 0.1) is 6.92 Å². The summed E-state index contributed by atoms with van der Waals surface area (Å²) in [6.07, 6.45) is 2.51. The molecule has 1 amide bonds. The first-order chi connectivity index (χ1) is 10.6. The largest absolute Gasteiger partial charge is 0.484 e. The molecule has 1 aromatic rings. The van der Waals surface area contributed by atoms with E-state index in [4.69, 9.17) is 4.74 Å². The van der Waals surface area contributed by atoms with Gasteiger partial charge in [0.1, 0.15) is 5.75 Å². The quantitative estimate of drug-likeness (QED) is 0.746. The highest BCUT2D eigenvalue weighted by atomic mass is 16.5. The van der Waals surface area contributed by atoms with Crippen LogP contribution in [0.3, 0.4) is 0 Å². The van der Waals surface area contributed by atoms with E-state index in [1.165, 1.54) is 0 Å². The van der Waals surface area contributed by atoms with Crippen molar-refractivity contribution in [3.8, 4) is 5.75 Å². The van der Waals surface area contributed by atoms with Crippen LogP contribution < -0.4 is 10.1 Å². The molecule has 1 aliphatic heterocycles. The summed E-state index contributed by atoms with van der Waals surface area (Å²) in [4.78, 5) is 14.1. The average Bonchev–Trinajstić information content (AvgIpc) is 2.52. The molecule has 0 radical (unpaired) electrons. The van der Waals surface area contributed by atoms with E-state index in [2.05, 4.69) is 10.2 Å². The van der Waals surface area contributed by atoms with Crippen molar-refractivity contribution < 1.29 is 14.6 Å². The van der Waals surface area contributed by atoms with Crippen LogP contribution in [0.15, 0.2) is 24.3 Å². The third-order valence-electron chi connectivity index (χ3n) is 3.98. The zero-order valence-corrected chi connectivity index (χ0v) is 13.3. The summed E-state index contributed by atoms with van der Waals surface area (Å²) in [5, 5.41) is 12.3. The Hall–Kier alpha value is -1.59. The Balaban J connectivity index is 1.55. The van der Waals surface area contributed by atoms with Gasteiger partial charge in [0.25, 0.3) is 5.91 Å². The van der Waals surface area contributed by atoms with Crippen molar-refractivity contribution in [1.82, 2.24) is 10.2 Å². The minimum absolute atomic E-state index is 0.0563. The Kier molecular flexibility index (Phi) is 6.68. The van der Waals surface area contributed by atoms with Gasteiger partial charge in [-0.2, -0.15) is 0 Å². The summed E-state index contributed by atoms with van der Waals surface area (Å²) in [7, 11) is 0. The second-order valence-corrected chi connectivity index (χ2v) is 5.83. The van der Waals surface area contributed by atoms with E-state index in [1.54, 1.807) is 0 Å². The van der Waals surface area contributed by atoms with E-state index in [-0.39, 0.29) is 18.6 Å². The Labute approximate surface area is 132 Å². The molecule has 0 aliphatic carbocycles. The van der Waals surface area contributed by atoms with Gasteiger partial charge in [0, 0.05) is 19.6 Å². The third kappa shape index (κ3) is 5.66. The number of nitrogens with zero attached hydrogens (tertiary/aromatic N) is 1. The van der Waals surface area contributed by atoms with Crippen molar-refractivity contribution in [2.75, 3.05) is 32.8 Å². The van der Waals surface area contributed by atoms with E-state index in [9.17, 15) is 9.90 Å². The number of benzene rings is 1. The lowest BCUT2D eigenvalue weighted by molar-refractivity contribution is -0.123. The molecule has 1 fully saturated rings. The van der Waals surface area contributed by atoms with Gasteiger partial charge in [-0.3, -0.25) is 4.79 Å². The van der Waals surface area contributed by atoms with Crippen LogP contribution in [0.2, 0.25) is 0 Å². The lowest BCUT2D eigenvalue weighted by atomic mass is 10.1. The number of aliphatic hydroxyl groups excluding tert-OH is 1. The predicted molar refractivity (Wildman–Crippen MR) is 86.0 cm³/mol. The summed E-state index contributed by atoms with van der Waals surface area (Å²) < 4.78 is 5.51. The number of hydrogen-bond donors (Lipinski definition) is 2. The van der Waals surface area contributed by atoms with Gasteiger partial charge in [-0.25, -0.2) is 0 Å². The summed E-state index contributed by atoms with van der Waals surface area (Å²) in [6.45, 7) is 5.54. The molecule has 5 heteroatoms. The van der Waals surface area contributed by atoms with Crippen LogP contribution in [-0.4, -0.2) is 54.8 Å². The maximum atomic E-state index is 11.7. The van der Waals surface area contributed by atoms with Gasteiger partial charge < -0.3 is 20.1 Å². The molecule has 1 saturated heterocycles. The van der Waals surface area contributed by atoms with Crippen molar-refractivity contribution in [3.05, 3.63) is 29.8 Å². The van der Waals surface area contributed by atoms with Crippen LogP contribution in [-0.2, 0) is 4.79 Å². The molecular formula is C17H26N2O3. The monoisotopic (exact) mass is 306 g/mol. The Morgan fingerprint density at radius 2 is 2.09 bits per heavy atom. The Morgan fingerprint density at radius 3 is 2.82 bits per heavy atom. The first-order valence-corrected chi connectivity index (χ1v) is 8.00. The lowest BCUT2D eigenvalue weighted by Gasteiger charge is -2.29. The molecule has 2 rings (SSSR count). The van der Waals surface area contributed by atoms with Gasteiger partial charge in [-0.15, -0.1) is 0 Å². The third-order valence-corrected chi connectivity index (χ3v) is 3.98. The predicted octanol–water partition coefficient (Wildman–Crippen LogP) is 1.34. The van der Waals surface area contributed by atoms with Crippen molar-refractivity contribution in [2.24, 2.45) is 0 Å². The van der Waals surface area contributed by atoms with Gasteiger partial charge in [0.05, 0.1) is 6.10 Å². The molecule has 0 saturated carbocycles. The van der Waals surface area contributed by atoms with E-state index >= 15 is 0 Å². The molecule has 0 bridgehead atoms. The van der Waals surface area contributed by atoms with E-state index in [0.717, 1.165) is 50.2 Å². The Bertz CT molecular complexity index is 471. The number of aryl methyl sites for hydroxylation is 1. The number of carbonyl (C=O) groups excluding carboxylic acids is 1. The highest BCUT2D eigenvalue weighted by molar-refractivity contribution is 5.77. The molecule has 0 unspecified atom stereocenters. The summed E-state index contributed by atoms with van der Waals surface area (Å²) in [5.41, 5.74) is 1.03. The van der Waals surface area contributed by atoms with Crippen LogP contribution in [0.1, 0.15) is 24.8 Å². The number of nitrogens with one attached hydrogen (secondary N) is 1. The standard InChI is InChI=1S/C17H26N2O3/c1-14-5-2-3-6-16(14)22-13-17(21)18-9-4-10-19-11-7-15(20)8-12-19/h2-3,5-6,15,20H,4,7-13H2,1H3,(H,18,21). The van der Waals surface area contributed by atoms with E-state index < -0.39 is 0 Å². The van der Waals surface area contributed by atoms with Gasteiger partial charge >= 0.3 is 0 Å². The summed E-state index contributed by atoms with van der Waals surface area (Å²) in [6, 6.07) is 7.67. The van der Waals surface area contributed by atoms with Crippen molar-refractivity contribution in [1.29, 1.82) is 0 Å².